The average Bonchev–Trinajstić information content (AvgIpc) is 2.34. The number of likely N-dealkylation sites (N-methyl/N-ethyl adjacent to an activating group) is 1. The lowest BCUT2D eigenvalue weighted by Crippen LogP contribution is -2.34. The number of methoxy groups -OCH3 is 1. The standard InChI is InChI=1S/C13H21FN2O/c1-3-16(8-9-17-2)10-13(15)11-6-4-5-7-12(11)14/h4-7,13H,3,8-10,15H2,1-2H3. The van der Waals surface area contributed by atoms with Gasteiger partial charge in [-0.25, -0.2) is 4.39 Å². The summed E-state index contributed by atoms with van der Waals surface area (Å²) in [5.74, 6) is -0.234. The van der Waals surface area contributed by atoms with Gasteiger partial charge in [0.15, 0.2) is 0 Å². The smallest absolute Gasteiger partial charge is 0.128 e. The molecule has 1 unspecified atom stereocenters. The molecule has 0 saturated heterocycles. The first-order chi connectivity index (χ1) is 8.19. The average molecular weight is 240 g/mol. The summed E-state index contributed by atoms with van der Waals surface area (Å²) in [5, 5.41) is 0. The van der Waals surface area contributed by atoms with Crippen molar-refractivity contribution in [3.8, 4) is 0 Å². The molecule has 1 atom stereocenters. The number of hydrogen-bond acceptors (Lipinski definition) is 3. The van der Waals surface area contributed by atoms with Crippen LogP contribution in [0.3, 0.4) is 0 Å². The largest absolute Gasteiger partial charge is 0.383 e. The van der Waals surface area contributed by atoms with Gasteiger partial charge in [0.05, 0.1) is 6.61 Å². The number of ether oxygens (including phenoxy) is 1. The maximum absolute atomic E-state index is 13.5. The summed E-state index contributed by atoms with van der Waals surface area (Å²) >= 11 is 0. The molecule has 0 fully saturated rings. The van der Waals surface area contributed by atoms with Crippen LogP contribution in [0.1, 0.15) is 18.5 Å². The van der Waals surface area contributed by atoms with E-state index in [1.165, 1.54) is 6.07 Å². The molecule has 0 aliphatic heterocycles. The maximum atomic E-state index is 13.5. The lowest BCUT2D eigenvalue weighted by atomic mass is 10.1. The van der Waals surface area contributed by atoms with Gasteiger partial charge >= 0.3 is 0 Å². The first-order valence-corrected chi connectivity index (χ1v) is 5.90. The highest BCUT2D eigenvalue weighted by molar-refractivity contribution is 5.21. The van der Waals surface area contributed by atoms with E-state index in [-0.39, 0.29) is 11.9 Å². The Bertz CT molecular complexity index is 333. The lowest BCUT2D eigenvalue weighted by Gasteiger charge is -2.24. The molecule has 0 heterocycles. The van der Waals surface area contributed by atoms with E-state index in [1.54, 1.807) is 19.2 Å². The van der Waals surface area contributed by atoms with Crippen molar-refractivity contribution in [3.63, 3.8) is 0 Å². The van der Waals surface area contributed by atoms with Crippen LogP contribution in [0.4, 0.5) is 4.39 Å². The van der Waals surface area contributed by atoms with Gasteiger partial charge in [-0.15, -0.1) is 0 Å². The van der Waals surface area contributed by atoms with Crippen molar-refractivity contribution >= 4 is 0 Å². The Labute approximate surface area is 102 Å². The Kier molecular flexibility index (Phi) is 6.11. The molecule has 0 radical (unpaired) electrons. The third-order valence-corrected chi connectivity index (χ3v) is 2.82. The summed E-state index contributed by atoms with van der Waals surface area (Å²) in [6.45, 7) is 5.06. The molecule has 1 aromatic rings. The van der Waals surface area contributed by atoms with Crippen LogP contribution < -0.4 is 5.73 Å². The number of benzene rings is 1. The highest BCUT2D eigenvalue weighted by atomic mass is 19.1. The molecule has 96 valence electrons. The summed E-state index contributed by atoms with van der Waals surface area (Å²) in [6.07, 6.45) is 0. The lowest BCUT2D eigenvalue weighted by molar-refractivity contribution is 0.147. The highest BCUT2D eigenvalue weighted by Gasteiger charge is 2.14. The highest BCUT2D eigenvalue weighted by Crippen LogP contribution is 2.15. The van der Waals surface area contributed by atoms with Gasteiger partial charge < -0.3 is 10.5 Å². The fourth-order valence-electron chi connectivity index (χ4n) is 1.75. The topological polar surface area (TPSA) is 38.5 Å². The van der Waals surface area contributed by atoms with Gasteiger partial charge in [-0.3, -0.25) is 4.90 Å². The van der Waals surface area contributed by atoms with E-state index >= 15 is 0 Å². The van der Waals surface area contributed by atoms with Crippen LogP contribution in [-0.2, 0) is 4.74 Å². The Morgan fingerprint density at radius 1 is 1.41 bits per heavy atom. The zero-order valence-electron chi connectivity index (χ0n) is 10.5. The molecule has 0 aliphatic rings. The minimum absolute atomic E-state index is 0.234. The van der Waals surface area contributed by atoms with Gasteiger partial charge in [0.1, 0.15) is 5.82 Å². The Morgan fingerprint density at radius 2 is 2.12 bits per heavy atom. The van der Waals surface area contributed by atoms with Crippen LogP contribution in [0.2, 0.25) is 0 Å². The number of nitrogens with two attached hydrogens (primary N) is 1. The predicted octanol–water partition coefficient (Wildman–Crippen LogP) is 1.79. The van der Waals surface area contributed by atoms with Crippen molar-refractivity contribution in [2.75, 3.05) is 33.4 Å². The van der Waals surface area contributed by atoms with E-state index < -0.39 is 0 Å². The van der Waals surface area contributed by atoms with Crippen molar-refractivity contribution in [1.29, 1.82) is 0 Å². The van der Waals surface area contributed by atoms with E-state index in [9.17, 15) is 4.39 Å². The summed E-state index contributed by atoms with van der Waals surface area (Å²) in [4.78, 5) is 2.15. The van der Waals surface area contributed by atoms with Crippen LogP contribution in [0.5, 0.6) is 0 Å². The second-order valence-corrected chi connectivity index (χ2v) is 4.01. The van der Waals surface area contributed by atoms with Gasteiger partial charge in [0, 0.05) is 31.8 Å². The molecular weight excluding hydrogens is 219 g/mol. The maximum Gasteiger partial charge on any atom is 0.128 e. The minimum Gasteiger partial charge on any atom is -0.383 e. The van der Waals surface area contributed by atoms with Gasteiger partial charge in [0.2, 0.25) is 0 Å². The molecule has 0 aliphatic carbocycles. The normalized spacial score (nSPS) is 13.0. The van der Waals surface area contributed by atoms with Gasteiger partial charge in [0.25, 0.3) is 0 Å². The fraction of sp³-hybridized carbons (Fsp3) is 0.538. The Morgan fingerprint density at radius 3 is 2.71 bits per heavy atom. The van der Waals surface area contributed by atoms with Gasteiger partial charge in [-0.05, 0) is 12.6 Å². The number of nitrogens with zero attached hydrogens (tertiary/aromatic N) is 1. The molecule has 17 heavy (non-hydrogen) atoms. The quantitative estimate of drug-likeness (QED) is 0.789. The molecule has 1 aromatic carbocycles. The monoisotopic (exact) mass is 240 g/mol. The van der Waals surface area contributed by atoms with Crippen LogP contribution in [0, 0.1) is 5.82 Å². The van der Waals surface area contributed by atoms with Crippen molar-refractivity contribution in [2.45, 2.75) is 13.0 Å². The van der Waals surface area contributed by atoms with Crippen molar-refractivity contribution in [1.82, 2.24) is 4.90 Å². The van der Waals surface area contributed by atoms with Crippen LogP contribution in [-0.4, -0.2) is 38.3 Å². The second-order valence-electron chi connectivity index (χ2n) is 4.01. The summed E-state index contributed by atoms with van der Waals surface area (Å²) in [5.41, 5.74) is 6.59. The van der Waals surface area contributed by atoms with Gasteiger partial charge in [-0.1, -0.05) is 25.1 Å². The number of rotatable bonds is 7. The fourth-order valence-corrected chi connectivity index (χ4v) is 1.75. The molecule has 0 bridgehead atoms. The Balaban J connectivity index is 2.58. The third-order valence-electron chi connectivity index (χ3n) is 2.82. The molecular formula is C13H21FN2O. The minimum atomic E-state index is -0.298. The van der Waals surface area contributed by atoms with E-state index in [1.807, 2.05) is 6.07 Å². The van der Waals surface area contributed by atoms with E-state index in [4.69, 9.17) is 10.5 Å². The third kappa shape index (κ3) is 4.42. The van der Waals surface area contributed by atoms with E-state index in [0.29, 0.717) is 18.7 Å². The summed E-state index contributed by atoms with van der Waals surface area (Å²) < 4.78 is 18.6. The second kappa shape index (κ2) is 7.37. The molecule has 0 amide bonds. The van der Waals surface area contributed by atoms with Crippen LogP contribution >= 0.6 is 0 Å². The van der Waals surface area contributed by atoms with Crippen molar-refractivity contribution in [2.24, 2.45) is 5.73 Å². The predicted molar refractivity (Wildman–Crippen MR) is 67.3 cm³/mol. The SMILES string of the molecule is CCN(CCOC)CC(N)c1ccccc1F. The molecule has 1 rings (SSSR count). The van der Waals surface area contributed by atoms with Crippen LogP contribution in [0.15, 0.2) is 24.3 Å². The molecule has 0 spiro atoms. The van der Waals surface area contributed by atoms with Gasteiger partial charge in [-0.2, -0.15) is 0 Å². The Hall–Kier alpha value is -0.970. The number of hydrogen-bond donors (Lipinski definition) is 1. The van der Waals surface area contributed by atoms with E-state index in [0.717, 1.165) is 13.1 Å². The first kappa shape index (κ1) is 14.1. The summed E-state index contributed by atoms with van der Waals surface area (Å²) in [6, 6.07) is 6.37. The number of halogens is 1. The van der Waals surface area contributed by atoms with Crippen LogP contribution in [0.25, 0.3) is 0 Å². The zero-order chi connectivity index (χ0) is 12.7. The van der Waals surface area contributed by atoms with Crippen molar-refractivity contribution < 1.29 is 9.13 Å². The molecule has 0 aromatic heterocycles. The molecule has 2 N–H and O–H groups in total. The first-order valence-electron chi connectivity index (χ1n) is 5.90. The van der Waals surface area contributed by atoms with Crippen molar-refractivity contribution in [3.05, 3.63) is 35.6 Å². The zero-order valence-corrected chi connectivity index (χ0v) is 10.5. The molecule has 4 heteroatoms. The van der Waals surface area contributed by atoms with E-state index in [2.05, 4.69) is 11.8 Å². The summed E-state index contributed by atoms with van der Waals surface area (Å²) in [7, 11) is 1.67. The molecule has 0 saturated carbocycles. The molecule has 3 nitrogen and oxygen atoms in total.